The second kappa shape index (κ2) is 9.16. The molecule has 1 aliphatic carbocycles. The maximum Gasteiger partial charge on any atom is 2.00 e. The van der Waals surface area contributed by atoms with Crippen LogP contribution in [0.2, 0.25) is 0 Å². The van der Waals surface area contributed by atoms with Gasteiger partial charge in [0.15, 0.2) is 0 Å². The number of hydrogen-bond acceptors (Lipinski definition) is 0. The van der Waals surface area contributed by atoms with Crippen molar-refractivity contribution in [1.29, 1.82) is 0 Å². The SMILES string of the molecule is CCCC(C)c1c[cH-]c2cc3c(cc12)CCC3.[Zr+2].c1ccc2[cH-]ccc2c1. The summed E-state index contributed by atoms with van der Waals surface area (Å²) in [4.78, 5) is 0. The Labute approximate surface area is 182 Å². The molecule has 0 saturated heterocycles. The summed E-state index contributed by atoms with van der Waals surface area (Å²) < 4.78 is 0. The summed E-state index contributed by atoms with van der Waals surface area (Å²) in [5.74, 6) is 0.706. The third-order valence-corrected chi connectivity index (χ3v) is 5.82. The quantitative estimate of drug-likeness (QED) is 0.294. The van der Waals surface area contributed by atoms with E-state index >= 15 is 0 Å². The number of fused-ring (bicyclic) bond motifs is 3. The smallest absolute Gasteiger partial charge is 0.168 e. The number of hydrogen-bond donors (Lipinski definition) is 0. The van der Waals surface area contributed by atoms with Crippen LogP contribution in [0.25, 0.3) is 21.5 Å². The number of benzene rings is 2. The maximum atomic E-state index is 2.47. The summed E-state index contributed by atoms with van der Waals surface area (Å²) in [7, 11) is 0. The molecule has 0 fully saturated rings. The molecule has 1 atom stereocenters. The Balaban J connectivity index is 0.000000178. The van der Waals surface area contributed by atoms with Gasteiger partial charge in [-0.05, 0) is 19.3 Å². The Bertz CT molecular complexity index is 971. The van der Waals surface area contributed by atoms with Crippen LogP contribution in [-0.4, -0.2) is 0 Å². The van der Waals surface area contributed by atoms with E-state index in [2.05, 4.69) is 80.6 Å². The second-order valence-corrected chi connectivity index (χ2v) is 7.69. The summed E-state index contributed by atoms with van der Waals surface area (Å²) >= 11 is 0. The predicted molar refractivity (Wildman–Crippen MR) is 114 cm³/mol. The zero-order valence-corrected chi connectivity index (χ0v) is 18.9. The first-order valence-electron chi connectivity index (χ1n) is 10.1. The minimum Gasteiger partial charge on any atom is -0.168 e. The molecule has 4 aromatic rings. The van der Waals surface area contributed by atoms with E-state index in [1.165, 1.54) is 53.6 Å². The Morgan fingerprint density at radius 1 is 0.963 bits per heavy atom. The minimum atomic E-state index is 0. The largest absolute Gasteiger partial charge is 2.00 e. The van der Waals surface area contributed by atoms with Crippen molar-refractivity contribution in [2.75, 3.05) is 0 Å². The van der Waals surface area contributed by atoms with Crippen molar-refractivity contribution in [2.24, 2.45) is 0 Å². The molecule has 1 unspecified atom stereocenters. The zero-order chi connectivity index (χ0) is 17.9. The average Bonchev–Trinajstić information content (AvgIpc) is 3.39. The molecular weight excluding hydrogens is 404 g/mol. The normalized spacial score (nSPS) is 13.7. The molecule has 0 spiro atoms. The van der Waals surface area contributed by atoms with Crippen molar-refractivity contribution < 1.29 is 26.2 Å². The third kappa shape index (κ3) is 4.35. The van der Waals surface area contributed by atoms with Crippen molar-refractivity contribution in [3.8, 4) is 0 Å². The zero-order valence-electron chi connectivity index (χ0n) is 16.5. The van der Waals surface area contributed by atoms with Crippen LogP contribution in [0.4, 0.5) is 0 Å². The Morgan fingerprint density at radius 2 is 1.74 bits per heavy atom. The Hall–Kier alpha value is -1.46. The summed E-state index contributed by atoms with van der Waals surface area (Å²) in [6, 6.07) is 24.2. The summed E-state index contributed by atoms with van der Waals surface area (Å²) in [5, 5.41) is 5.64. The van der Waals surface area contributed by atoms with Gasteiger partial charge in [0, 0.05) is 0 Å². The predicted octanol–water partition coefficient (Wildman–Crippen LogP) is 7.51. The number of rotatable bonds is 3. The fourth-order valence-corrected chi connectivity index (χ4v) is 4.39. The Morgan fingerprint density at radius 3 is 2.52 bits per heavy atom. The van der Waals surface area contributed by atoms with Gasteiger partial charge in [-0.25, -0.2) is 0 Å². The molecule has 0 aromatic heterocycles. The van der Waals surface area contributed by atoms with E-state index in [0.717, 1.165) is 0 Å². The van der Waals surface area contributed by atoms with Gasteiger partial charge in [-0.1, -0.05) is 49.8 Å². The van der Waals surface area contributed by atoms with E-state index in [1.54, 1.807) is 16.7 Å². The topological polar surface area (TPSA) is 0 Å². The van der Waals surface area contributed by atoms with Crippen LogP contribution < -0.4 is 0 Å². The van der Waals surface area contributed by atoms with Crippen LogP contribution in [0.1, 0.15) is 55.7 Å². The fourth-order valence-electron chi connectivity index (χ4n) is 4.39. The van der Waals surface area contributed by atoms with E-state index in [0.29, 0.717) is 5.92 Å². The van der Waals surface area contributed by atoms with Gasteiger partial charge in [0.2, 0.25) is 0 Å². The monoisotopic (exact) mass is 430 g/mol. The van der Waals surface area contributed by atoms with Gasteiger partial charge in [-0.3, -0.25) is 0 Å². The molecule has 4 aromatic carbocycles. The third-order valence-electron chi connectivity index (χ3n) is 5.82. The molecule has 5 rings (SSSR count). The van der Waals surface area contributed by atoms with Crippen molar-refractivity contribution in [3.05, 3.63) is 83.4 Å². The van der Waals surface area contributed by atoms with Crippen molar-refractivity contribution in [3.63, 3.8) is 0 Å². The second-order valence-electron chi connectivity index (χ2n) is 7.69. The van der Waals surface area contributed by atoms with Crippen LogP contribution in [0.15, 0.2) is 66.7 Å². The molecule has 1 aliphatic rings. The molecule has 0 amide bonds. The molecule has 1 heteroatoms. The van der Waals surface area contributed by atoms with E-state index in [9.17, 15) is 0 Å². The van der Waals surface area contributed by atoms with Crippen LogP contribution in [0.3, 0.4) is 0 Å². The molecule has 0 nitrogen and oxygen atoms in total. The first kappa shape index (κ1) is 20.3. The fraction of sp³-hybridized carbons (Fsp3) is 0.308. The first-order chi connectivity index (χ1) is 12.8. The Kier molecular flexibility index (Phi) is 6.88. The van der Waals surface area contributed by atoms with Gasteiger partial charge < -0.3 is 0 Å². The number of aryl methyl sites for hydroxylation is 2. The van der Waals surface area contributed by atoms with Gasteiger partial charge in [-0.15, -0.1) is 64.7 Å². The van der Waals surface area contributed by atoms with Crippen molar-refractivity contribution in [2.45, 2.75) is 51.9 Å². The summed E-state index contributed by atoms with van der Waals surface area (Å²) in [6.07, 6.45) is 6.51. The van der Waals surface area contributed by atoms with E-state index < -0.39 is 0 Å². The van der Waals surface area contributed by atoms with Crippen LogP contribution in [0, 0.1) is 0 Å². The van der Waals surface area contributed by atoms with Gasteiger partial charge in [0.05, 0.1) is 0 Å². The van der Waals surface area contributed by atoms with E-state index in [-0.39, 0.29) is 26.2 Å². The molecule has 0 bridgehead atoms. The molecular formula is C26H28Zr. The molecule has 0 aliphatic heterocycles. The van der Waals surface area contributed by atoms with E-state index in [4.69, 9.17) is 0 Å². The van der Waals surface area contributed by atoms with Crippen LogP contribution >= 0.6 is 0 Å². The van der Waals surface area contributed by atoms with Gasteiger partial charge in [0.1, 0.15) is 0 Å². The molecule has 27 heavy (non-hydrogen) atoms. The average molecular weight is 432 g/mol. The van der Waals surface area contributed by atoms with Crippen molar-refractivity contribution in [1.82, 2.24) is 0 Å². The first-order valence-corrected chi connectivity index (χ1v) is 10.1. The standard InChI is InChI=1S/C17H21.C9H7.Zr/c1-3-5-12(2)16-9-8-15-10-13-6-4-7-14(13)11-17(15)16;1-2-5-9-7-3-6-8(9)4-1;/h8-12H,3-7H2,1-2H3;1-7H;/q2*-1;+2. The van der Waals surface area contributed by atoms with Gasteiger partial charge in [0.25, 0.3) is 0 Å². The minimum absolute atomic E-state index is 0. The molecule has 0 saturated carbocycles. The van der Waals surface area contributed by atoms with Gasteiger partial charge >= 0.3 is 26.2 Å². The molecule has 0 radical (unpaired) electrons. The van der Waals surface area contributed by atoms with Crippen LogP contribution in [0.5, 0.6) is 0 Å². The summed E-state index contributed by atoms with van der Waals surface area (Å²) in [6.45, 7) is 4.64. The molecule has 136 valence electrons. The van der Waals surface area contributed by atoms with E-state index in [1.807, 2.05) is 0 Å². The molecule has 0 heterocycles. The van der Waals surface area contributed by atoms with Crippen LogP contribution in [-0.2, 0) is 39.0 Å². The van der Waals surface area contributed by atoms with Crippen molar-refractivity contribution >= 4 is 21.5 Å². The van der Waals surface area contributed by atoms with Gasteiger partial charge in [-0.2, -0.15) is 23.1 Å². The summed E-state index contributed by atoms with van der Waals surface area (Å²) in [5.41, 5.74) is 4.77. The maximum absolute atomic E-state index is 2.47. The molecule has 0 N–H and O–H groups in total.